The lowest BCUT2D eigenvalue weighted by Gasteiger charge is -2.06. The minimum Gasteiger partial charge on any atom is -0.356 e. The van der Waals surface area contributed by atoms with Gasteiger partial charge in [-0.15, -0.1) is 0 Å². The Morgan fingerprint density at radius 3 is 2.53 bits per heavy atom. The standard InChI is InChI=1S/C12H26N2O/c1-11(2)7-6-10-14-12(15)8-4-3-5-9-13/h11H,3-10,13H2,1-2H3,(H,14,15). The van der Waals surface area contributed by atoms with Crippen LogP contribution in [0.25, 0.3) is 0 Å². The Morgan fingerprint density at radius 2 is 1.93 bits per heavy atom. The van der Waals surface area contributed by atoms with Crippen LogP contribution in [-0.4, -0.2) is 19.0 Å². The molecule has 3 nitrogen and oxygen atoms in total. The van der Waals surface area contributed by atoms with E-state index in [0.717, 1.165) is 44.7 Å². The van der Waals surface area contributed by atoms with Gasteiger partial charge in [-0.3, -0.25) is 4.79 Å². The van der Waals surface area contributed by atoms with E-state index < -0.39 is 0 Å². The molecule has 90 valence electrons. The molecular weight excluding hydrogens is 188 g/mol. The number of amides is 1. The molecule has 0 saturated carbocycles. The fraction of sp³-hybridized carbons (Fsp3) is 0.917. The molecule has 0 bridgehead atoms. The third-order valence-electron chi connectivity index (χ3n) is 2.39. The van der Waals surface area contributed by atoms with E-state index in [9.17, 15) is 4.79 Å². The van der Waals surface area contributed by atoms with Crippen molar-refractivity contribution in [3.05, 3.63) is 0 Å². The van der Waals surface area contributed by atoms with Crippen molar-refractivity contribution in [2.45, 2.75) is 52.4 Å². The lowest BCUT2D eigenvalue weighted by atomic mass is 10.1. The maximum Gasteiger partial charge on any atom is 0.219 e. The van der Waals surface area contributed by atoms with Crippen LogP contribution >= 0.6 is 0 Å². The summed E-state index contributed by atoms with van der Waals surface area (Å²) in [7, 11) is 0. The minimum atomic E-state index is 0.191. The SMILES string of the molecule is CC(C)CCCNC(=O)CCCCCN. The molecule has 0 aromatic heterocycles. The minimum absolute atomic E-state index is 0.191. The van der Waals surface area contributed by atoms with Crippen molar-refractivity contribution in [1.82, 2.24) is 5.32 Å². The maximum atomic E-state index is 11.3. The summed E-state index contributed by atoms with van der Waals surface area (Å²) < 4.78 is 0. The van der Waals surface area contributed by atoms with Crippen LogP contribution in [0.3, 0.4) is 0 Å². The monoisotopic (exact) mass is 214 g/mol. The Morgan fingerprint density at radius 1 is 1.20 bits per heavy atom. The van der Waals surface area contributed by atoms with Crippen LogP contribution in [0.1, 0.15) is 52.4 Å². The van der Waals surface area contributed by atoms with Crippen LogP contribution in [0.5, 0.6) is 0 Å². The molecule has 0 aliphatic rings. The highest BCUT2D eigenvalue weighted by Crippen LogP contribution is 2.02. The number of unbranched alkanes of at least 4 members (excludes halogenated alkanes) is 2. The van der Waals surface area contributed by atoms with E-state index in [2.05, 4.69) is 19.2 Å². The first kappa shape index (κ1) is 14.4. The summed E-state index contributed by atoms with van der Waals surface area (Å²) in [6, 6.07) is 0. The Hall–Kier alpha value is -0.570. The number of hydrogen-bond donors (Lipinski definition) is 2. The molecular formula is C12H26N2O. The lowest BCUT2D eigenvalue weighted by Crippen LogP contribution is -2.24. The van der Waals surface area contributed by atoms with Crippen LogP contribution < -0.4 is 11.1 Å². The van der Waals surface area contributed by atoms with Gasteiger partial charge in [0.05, 0.1) is 0 Å². The molecule has 0 aromatic rings. The zero-order valence-electron chi connectivity index (χ0n) is 10.2. The van der Waals surface area contributed by atoms with E-state index in [0.29, 0.717) is 6.42 Å². The summed E-state index contributed by atoms with van der Waals surface area (Å²) in [5, 5.41) is 2.94. The summed E-state index contributed by atoms with van der Waals surface area (Å²) >= 11 is 0. The third-order valence-corrected chi connectivity index (χ3v) is 2.39. The Bertz CT molecular complexity index is 158. The summed E-state index contributed by atoms with van der Waals surface area (Å²) in [5.41, 5.74) is 5.37. The first-order valence-electron chi connectivity index (χ1n) is 6.13. The fourth-order valence-electron chi connectivity index (χ4n) is 1.43. The summed E-state index contributed by atoms with van der Waals surface area (Å²) in [6.45, 7) is 5.97. The zero-order chi connectivity index (χ0) is 11.5. The van der Waals surface area contributed by atoms with Crippen molar-refractivity contribution >= 4 is 5.91 Å². The zero-order valence-corrected chi connectivity index (χ0v) is 10.2. The molecule has 15 heavy (non-hydrogen) atoms. The quantitative estimate of drug-likeness (QED) is 0.577. The number of carbonyl (C=O) groups is 1. The van der Waals surface area contributed by atoms with Crippen LogP contribution in [0.2, 0.25) is 0 Å². The predicted molar refractivity (Wildman–Crippen MR) is 64.6 cm³/mol. The predicted octanol–water partition coefficient (Wildman–Crippen LogP) is 2.06. The molecule has 1 amide bonds. The van der Waals surface area contributed by atoms with E-state index in [-0.39, 0.29) is 5.91 Å². The lowest BCUT2D eigenvalue weighted by molar-refractivity contribution is -0.121. The highest BCUT2D eigenvalue weighted by atomic mass is 16.1. The van der Waals surface area contributed by atoms with Gasteiger partial charge in [0, 0.05) is 13.0 Å². The first-order chi connectivity index (χ1) is 7.16. The highest BCUT2D eigenvalue weighted by Gasteiger charge is 2.00. The number of rotatable bonds is 9. The third kappa shape index (κ3) is 11.4. The van der Waals surface area contributed by atoms with Crippen molar-refractivity contribution < 1.29 is 4.79 Å². The fourth-order valence-corrected chi connectivity index (χ4v) is 1.43. The van der Waals surface area contributed by atoms with Gasteiger partial charge in [-0.2, -0.15) is 0 Å². The van der Waals surface area contributed by atoms with Gasteiger partial charge in [-0.25, -0.2) is 0 Å². The van der Waals surface area contributed by atoms with Crippen LogP contribution in [0.15, 0.2) is 0 Å². The van der Waals surface area contributed by atoms with E-state index in [1.54, 1.807) is 0 Å². The molecule has 3 N–H and O–H groups in total. The molecule has 0 radical (unpaired) electrons. The molecule has 3 heteroatoms. The first-order valence-corrected chi connectivity index (χ1v) is 6.13. The molecule has 0 saturated heterocycles. The summed E-state index contributed by atoms with van der Waals surface area (Å²) in [5.74, 6) is 0.919. The van der Waals surface area contributed by atoms with Gasteiger partial charge < -0.3 is 11.1 Å². The Kier molecular flexibility index (Phi) is 9.59. The summed E-state index contributed by atoms with van der Waals surface area (Å²) in [6.07, 6.45) is 5.99. The molecule has 0 fully saturated rings. The molecule has 0 unspecified atom stereocenters. The molecule has 0 rings (SSSR count). The van der Waals surface area contributed by atoms with E-state index in [1.807, 2.05) is 0 Å². The van der Waals surface area contributed by atoms with Gasteiger partial charge >= 0.3 is 0 Å². The number of nitrogens with two attached hydrogens (primary N) is 1. The van der Waals surface area contributed by atoms with E-state index in [4.69, 9.17) is 5.73 Å². The normalized spacial score (nSPS) is 10.7. The number of hydrogen-bond acceptors (Lipinski definition) is 2. The van der Waals surface area contributed by atoms with E-state index in [1.165, 1.54) is 6.42 Å². The second-order valence-electron chi connectivity index (χ2n) is 4.49. The average molecular weight is 214 g/mol. The van der Waals surface area contributed by atoms with Crippen LogP contribution in [0.4, 0.5) is 0 Å². The van der Waals surface area contributed by atoms with Crippen molar-refractivity contribution in [2.24, 2.45) is 11.7 Å². The van der Waals surface area contributed by atoms with Gasteiger partial charge in [0.25, 0.3) is 0 Å². The molecule has 0 aliphatic carbocycles. The summed E-state index contributed by atoms with van der Waals surface area (Å²) in [4.78, 5) is 11.3. The molecule has 0 spiro atoms. The van der Waals surface area contributed by atoms with Gasteiger partial charge in [0.1, 0.15) is 0 Å². The molecule has 0 aliphatic heterocycles. The molecule has 0 heterocycles. The molecule has 0 atom stereocenters. The topological polar surface area (TPSA) is 55.1 Å². The highest BCUT2D eigenvalue weighted by molar-refractivity contribution is 5.75. The van der Waals surface area contributed by atoms with Gasteiger partial charge in [0.2, 0.25) is 5.91 Å². The van der Waals surface area contributed by atoms with Gasteiger partial charge in [-0.1, -0.05) is 20.3 Å². The van der Waals surface area contributed by atoms with Gasteiger partial charge in [0.15, 0.2) is 0 Å². The second kappa shape index (κ2) is 9.97. The smallest absolute Gasteiger partial charge is 0.219 e. The Labute approximate surface area is 93.8 Å². The average Bonchev–Trinajstić information content (AvgIpc) is 2.19. The van der Waals surface area contributed by atoms with Crippen molar-refractivity contribution in [1.29, 1.82) is 0 Å². The molecule has 0 aromatic carbocycles. The number of nitrogens with one attached hydrogen (secondary N) is 1. The van der Waals surface area contributed by atoms with Crippen molar-refractivity contribution in [3.63, 3.8) is 0 Å². The van der Waals surface area contributed by atoms with Crippen molar-refractivity contribution in [2.75, 3.05) is 13.1 Å². The largest absolute Gasteiger partial charge is 0.356 e. The second-order valence-corrected chi connectivity index (χ2v) is 4.49. The Balaban J connectivity index is 3.19. The maximum absolute atomic E-state index is 11.3. The number of carbonyl (C=O) groups excluding carboxylic acids is 1. The van der Waals surface area contributed by atoms with Crippen molar-refractivity contribution in [3.8, 4) is 0 Å². The van der Waals surface area contributed by atoms with Gasteiger partial charge in [-0.05, 0) is 38.1 Å². The van der Waals surface area contributed by atoms with E-state index >= 15 is 0 Å². The van der Waals surface area contributed by atoms with Crippen LogP contribution in [-0.2, 0) is 4.79 Å². The van der Waals surface area contributed by atoms with Crippen LogP contribution in [0, 0.1) is 5.92 Å².